The molecule has 160 valence electrons. The molecule has 3 heterocycles. The molecule has 0 spiro atoms. The van der Waals surface area contributed by atoms with Crippen molar-refractivity contribution in [2.45, 2.75) is 47.3 Å². The van der Waals surface area contributed by atoms with E-state index in [2.05, 4.69) is 70.0 Å². The average molecular weight is 408 g/mol. The highest BCUT2D eigenvalue weighted by atomic mass is 16.5. The van der Waals surface area contributed by atoms with Crippen molar-refractivity contribution in [3.8, 4) is 11.3 Å². The van der Waals surface area contributed by atoms with Crippen LogP contribution in [0.25, 0.3) is 33.3 Å². The molecule has 0 aliphatic rings. The van der Waals surface area contributed by atoms with Crippen molar-refractivity contribution in [2.24, 2.45) is 0 Å². The normalized spacial score (nSPS) is 11.7. The second-order valence-corrected chi connectivity index (χ2v) is 7.99. The lowest BCUT2D eigenvalue weighted by molar-refractivity contribution is 0.0717. The fourth-order valence-corrected chi connectivity index (χ4v) is 3.72. The lowest BCUT2D eigenvalue weighted by atomic mass is 10.1. The van der Waals surface area contributed by atoms with Crippen LogP contribution in [0.4, 0.5) is 0 Å². The molecule has 0 amide bonds. The second kappa shape index (κ2) is 9.41. The largest absolute Gasteiger partial charge is 0.379 e. The van der Waals surface area contributed by atoms with Crippen LogP contribution in [0, 0.1) is 6.92 Å². The first-order valence-electron chi connectivity index (χ1n) is 10.2. The Morgan fingerprint density at radius 2 is 1.97 bits per heavy atom. The van der Waals surface area contributed by atoms with Gasteiger partial charge in [0.15, 0.2) is 5.65 Å². The van der Waals surface area contributed by atoms with Crippen LogP contribution in [0.1, 0.15) is 39.1 Å². The zero-order valence-electron chi connectivity index (χ0n) is 17.6. The fraction of sp³-hybridized carbons (Fsp3) is 0.417. The Morgan fingerprint density at radius 3 is 2.77 bits per heavy atom. The van der Waals surface area contributed by atoms with E-state index in [9.17, 15) is 0 Å². The molecule has 4 aromatic rings. The summed E-state index contributed by atoms with van der Waals surface area (Å²) in [5, 5.41) is 1.22. The minimum Gasteiger partial charge on any atom is -0.379 e. The molecule has 4 rings (SSSR count). The van der Waals surface area contributed by atoms with Gasteiger partial charge in [-0.1, -0.05) is 13.5 Å². The van der Waals surface area contributed by atoms with Gasteiger partial charge in [0.25, 0.3) is 0 Å². The maximum atomic E-state index is 5.63. The van der Waals surface area contributed by atoms with Gasteiger partial charge < -0.3 is 19.6 Å². The van der Waals surface area contributed by atoms with Crippen molar-refractivity contribution in [2.75, 3.05) is 20.2 Å². The third-order valence-electron chi connectivity index (χ3n) is 5.07. The summed E-state index contributed by atoms with van der Waals surface area (Å²) in [7, 11) is 2.16. The first kappa shape index (κ1) is 22.0. The number of hydrogen-bond acceptors (Lipinski definition) is 4. The molecule has 3 aromatic heterocycles. The molecule has 30 heavy (non-hydrogen) atoms. The zero-order chi connectivity index (χ0) is 20.4. The van der Waals surface area contributed by atoms with E-state index in [0.717, 1.165) is 59.9 Å². The summed E-state index contributed by atoms with van der Waals surface area (Å²) in [6, 6.07) is 10.9. The van der Waals surface area contributed by atoms with Gasteiger partial charge in [-0.15, -0.1) is 0 Å². The van der Waals surface area contributed by atoms with Gasteiger partial charge in [0, 0.05) is 48.1 Å². The van der Waals surface area contributed by atoms with E-state index < -0.39 is 0 Å². The minimum absolute atomic E-state index is 0. The molecule has 0 aliphatic carbocycles. The van der Waals surface area contributed by atoms with Crippen LogP contribution in [-0.4, -0.2) is 51.1 Å². The number of aromatic amines is 2. The van der Waals surface area contributed by atoms with Crippen LogP contribution in [0.2, 0.25) is 0 Å². The lowest BCUT2D eigenvalue weighted by Crippen LogP contribution is -2.20. The summed E-state index contributed by atoms with van der Waals surface area (Å²) in [5.74, 6) is 0.875. The number of aromatic nitrogens is 4. The summed E-state index contributed by atoms with van der Waals surface area (Å²) in [6.07, 6.45) is 3.16. The number of pyridine rings is 1. The molecule has 6 heteroatoms. The number of hydrogen-bond donors (Lipinski definition) is 2. The molecule has 0 saturated carbocycles. The summed E-state index contributed by atoms with van der Waals surface area (Å²) in [6.45, 7) is 8.88. The number of H-pyrrole nitrogens is 2. The maximum Gasteiger partial charge on any atom is 0.178 e. The van der Waals surface area contributed by atoms with E-state index in [4.69, 9.17) is 4.74 Å². The van der Waals surface area contributed by atoms with Crippen molar-refractivity contribution >= 4 is 22.1 Å². The first-order valence-corrected chi connectivity index (χ1v) is 10.2. The molecule has 2 N–H and O–H groups in total. The average Bonchev–Trinajstić information content (AvgIpc) is 3.26. The smallest absolute Gasteiger partial charge is 0.178 e. The van der Waals surface area contributed by atoms with E-state index >= 15 is 0 Å². The molecular weight excluding hydrogens is 374 g/mol. The van der Waals surface area contributed by atoms with Gasteiger partial charge in [0.05, 0.1) is 11.6 Å². The highest BCUT2D eigenvalue weighted by molar-refractivity contribution is 5.94. The first-order chi connectivity index (χ1) is 14.0. The Kier molecular flexibility index (Phi) is 6.90. The summed E-state index contributed by atoms with van der Waals surface area (Å²) < 4.78 is 5.63. The van der Waals surface area contributed by atoms with Crippen molar-refractivity contribution in [3.05, 3.63) is 47.9 Å². The molecular formula is C24H33N5O. The minimum atomic E-state index is 0. The Morgan fingerprint density at radius 1 is 1.13 bits per heavy atom. The van der Waals surface area contributed by atoms with E-state index in [-0.39, 0.29) is 7.43 Å². The molecule has 0 saturated heterocycles. The van der Waals surface area contributed by atoms with E-state index in [1.807, 2.05) is 19.2 Å². The number of aryl methyl sites for hydroxylation is 1. The lowest BCUT2D eigenvalue weighted by Gasteiger charge is -2.17. The number of ether oxygens (including phenoxy) is 1. The standard InChI is InChI=1S/C23H29N5O.CH4/c1-15(2)29-11-5-10-28(4)14-17-6-7-20-18(12-17)13-21(27-20)19-8-9-24-23-22(19)25-16(3)26-23;/h6-9,12-13,15,27H,5,10-11,14H2,1-4H3,(H,24,25,26);1H4. The van der Waals surface area contributed by atoms with Gasteiger partial charge in [0.2, 0.25) is 0 Å². The van der Waals surface area contributed by atoms with E-state index in [1.165, 1.54) is 10.9 Å². The summed E-state index contributed by atoms with van der Waals surface area (Å²) in [4.78, 5) is 18.0. The molecule has 1 aromatic carbocycles. The molecule has 0 atom stereocenters. The third kappa shape index (κ3) is 4.89. The fourth-order valence-electron chi connectivity index (χ4n) is 3.72. The van der Waals surface area contributed by atoms with Crippen LogP contribution >= 0.6 is 0 Å². The number of rotatable bonds is 8. The number of fused-ring (bicyclic) bond motifs is 2. The van der Waals surface area contributed by atoms with Crippen LogP contribution in [0.15, 0.2) is 36.5 Å². The van der Waals surface area contributed by atoms with E-state index in [0.29, 0.717) is 6.10 Å². The highest BCUT2D eigenvalue weighted by Gasteiger charge is 2.11. The molecule has 0 fully saturated rings. The monoisotopic (exact) mass is 407 g/mol. The topological polar surface area (TPSA) is 69.8 Å². The van der Waals surface area contributed by atoms with Gasteiger partial charge in [-0.3, -0.25) is 0 Å². The summed E-state index contributed by atoms with van der Waals surface area (Å²) >= 11 is 0. The third-order valence-corrected chi connectivity index (χ3v) is 5.07. The maximum absolute atomic E-state index is 5.63. The quantitative estimate of drug-likeness (QED) is 0.389. The van der Waals surface area contributed by atoms with E-state index in [1.54, 1.807) is 0 Å². The Hall–Kier alpha value is -2.70. The van der Waals surface area contributed by atoms with Crippen molar-refractivity contribution < 1.29 is 4.74 Å². The molecule has 0 radical (unpaired) electrons. The van der Waals surface area contributed by atoms with Gasteiger partial charge in [-0.05, 0) is 64.1 Å². The Labute approximate surface area is 178 Å². The van der Waals surface area contributed by atoms with Gasteiger partial charge in [-0.25, -0.2) is 9.97 Å². The molecule has 6 nitrogen and oxygen atoms in total. The predicted octanol–water partition coefficient (Wildman–Crippen LogP) is 5.30. The van der Waals surface area contributed by atoms with Crippen LogP contribution in [-0.2, 0) is 11.3 Å². The van der Waals surface area contributed by atoms with Crippen LogP contribution in [0.3, 0.4) is 0 Å². The van der Waals surface area contributed by atoms with Crippen molar-refractivity contribution in [1.29, 1.82) is 0 Å². The van der Waals surface area contributed by atoms with Crippen molar-refractivity contribution in [3.63, 3.8) is 0 Å². The van der Waals surface area contributed by atoms with Crippen LogP contribution < -0.4 is 0 Å². The SMILES string of the molecule is C.Cc1nc2nccc(-c3cc4cc(CN(C)CCCOC(C)C)ccc4[nH]3)c2[nH]1. The zero-order valence-corrected chi connectivity index (χ0v) is 17.6. The summed E-state index contributed by atoms with van der Waals surface area (Å²) in [5.41, 5.74) is 6.34. The molecule has 0 bridgehead atoms. The van der Waals surface area contributed by atoms with Gasteiger partial charge >= 0.3 is 0 Å². The second-order valence-electron chi connectivity index (χ2n) is 7.99. The number of nitrogens with one attached hydrogen (secondary N) is 2. The molecule has 0 unspecified atom stereocenters. The van der Waals surface area contributed by atoms with Crippen molar-refractivity contribution in [1.82, 2.24) is 24.8 Å². The van der Waals surface area contributed by atoms with Gasteiger partial charge in [-0.2, -0.15) is 0 Å². The number of imidazole rings is 1. The van der Waals surface area contributed by atoms with Crippen LogP contribution in [0.5, 0.6) is 0 Å². The molecule has 0 aliphatic heterocycles. The number of benzene rings is 1. The predicted molar refractivity (Wildman–Crippen MR) is 125 cm³/mol. The van der Waals surface area contributed by atoms with Gasteiger partial charge in [0.1, 0.15) is 5.82 Å². The highest BCUT2D eigenvalue weighted by Crippen LogP contribution is 2.29. The number of nitrogens with zero attached hydrogens (tertiary/aromatic N) is 3. The Balaban J connectivity index is 0.00000256. The Bertz CT molecular complexity index is 1110.